The lowest BCUT2D eigenvalue weighted by Crippen LogP contribution is -2.32. The maximum atomic E-state index is 10.6. The van der Waals surface area contributed by atoms with Crippen molar-refractivity contribution in [2.24, 2.45) is 0 Å². The fourth-order valence-corrected chi connectivity index (χ4v) is 2.40. The number of hydrogen-bond donors (Lipinski definition) is 1. The molecule has 1 aliphatic carbocycles. The first-order chi connectivity index (χ1) is 9.09. The van der Waals surface area contributed by atoms with E-state index in [2.05, 4.69) is 6.08 Å². The molecule has 0 amide bonds. The molecular formula is C14H18N2O3. The number of non-ortho nitro benzene ring substituents is 1. The third-order valence-electron chi connectivity index (χ3n) is 3.54. The first kappa shape index (κ1) is 13.5. The number of nitro groups is 1. The smallest absolute Gasteiger partial charge is 0.269 e. The van der Waals surface area contributed by atoms with Crippen LogP contribution in [0.4, 0.5) is 11.4 Å². The van der Waals surface area contributed by atoms with E-state index in [1.165, 1.54) is 17.2 Å². The lowest BCUT2D eigenvalue weighted by molar-refractivity contribution is -0.384. The van der Waals surface area contributed by atoms with Gasteiger partial charge in [-0.1, -0.05) is 18.1 Å². The van der Waals surface area contributed by atoms with Crippen molar-refractivity contribution in [3.05, 3.63) is 46.0 Å². The molecule has 19 heavy (non-hydrogen) atoms. The van der Waals surface area contributed by atoms with E-state index in [1.54, 1.807) is 12.1 Å². The highest BCUT2D eigenvalue weighted by Crippen LogP contribution is 2.27. The molecule has 0 radical (unpaired) electrons. The van der Waals surface area contributed by atoms with E-state index in [0.29, 0.717) is 5.69 Å². The molecule has 0 heterocycles. The van der Waals surface area contributed by atoms with Crippen LogP contribution in [-0.2, 0) is 0 Å². The molecule has 1 N–H and O–H groups in total. The molecule has 1 unspecified atom stereocenters. The summed E-state index contributed by atoms with van der Waals surface area (Å²) in [4.78, 5) is 10.2. The first-order valence-electron chi connectivity index (χ1n) is 6.49. The van der Waals surface area contributed by atoms with Crippen LogP contribution in [0.5, 0.6) is 0 Å². The summed E-state index contributed by atoms with van der Waals surface area (Å²) in [6.45, 7) is 2.02. The van der Waals surface area contributed by atoms with Crippen molar-refractivity contribution in [2.45, 2.75) is 38.6 Å². The molecule has 1 aromatic rings. The van der Waals surface area contributed by atoms with E-state index in [-0.39, 0.29) is 11.7 Å². The van der Waals surface area contributed by atoms with E-state index >= 15 is 0 Å². The highest BCUT2D eigenvalue weighted by Gasteiger charge is 2.21. The number of allylic oxidation sites excluding steroid dienone is 1. The summed E-state index contributed by atoms with van der Waals surface area (Å²) in [7, 11) is 0. The Kier molecular flexibility index (Phi) is 4.16. The lowest BCUT2D eigenvalue weighted by atomic mass is 10.0. The van der Waals surface area contributed by atoms with Crippen molar-refractivity contribution < 1.29 is 10.1 Å². The average molecular weight is 262 g/mol. The number of nitrogens with zero attached hydrogens (tertiary/aromatic N) is 2. The molecule has 5 nitrogen and oxygen atoms in total. The van der Waals surface area contributed by atoms with Gasteiger partial charge in [-0.15, -0.1) is 0 Å². The topological polar surface area (TPSA) is 66.6 Å². The van der Waals surface area contributed by atoms with Crippen LogP contribution in [0.2, 0.25) is 0 Å². The van der Waals surface area contributed by atoms with E-state index in [1.807, 2.05) is 6.92 Å². The number of anilines is 1. The molecule has 1 aliphatic rings. The minimum absolute atomic E-state index is 0.0327. The summed E-state index contributed by atoms with van der Waals surface area (Å²) < 4.78 is 0. The molecule has 0 saturated carbocycles. The zero-order chi connectivity index (χ0) is 13.8. The number of hydrogen-bond acceptors (Lipinski definition) is 4. The van der Waals surface area contributed by atoms with Gasteiger partial charge < -0.3 is 0 Å². The Morgan fingerprint density at radius 2 is 2.00 bits per heavy atom. The van der Waals surface area contributed by atoms with Gasteiger partial charge in [-0.2, -0.15) is 0 Å². The van der Waals surface area contributed by atoms with Gasteiger partial charge >= 0.3 is 0 Å². The fraction of sp³-hybridized carbons (Fsp3) is 0.429. The third kappa shape index (κ3) is 3.12. The van der Waals surface area contributed by atoms with Crippen molar-refractivity contribution >= 4 is 11.4 Å². The molecule has 2 rings (SSSR count). The van der Waals surface area contributed by atoms with Crippen LogP contribution in [0.25, 0.3) is 0 Å². The molecule has 0 aromatic heterocycles. The van der Waals surface area contributed by atoms with Gasteiger partial charge in [-0.3, -0.25) is 15.3 Å². The highest BCUT2D eigenvalue weighted by atomic mass is 16.6. The summed E-state index contributed by atoms with van der Waals surface area (Å²) in [5.74, 6) is 0. The van der Waals surface area contributed by atoms with Gasteiger partial charge in [0.25, 0.3) is 5.69 Å². The Morgan fingerprint density at radius 1 is 1.32 bits per heavy atom. The molecular weight excluding hydrogens is 244 g/mol. The predicted molar refractivity (Wildman–Crippen MR) is 73.4 cm³/mol. The van der Waals surface area contributed by atoms with Gasteiger partial charge in [0.1, 0.15) is 0 Å². The minimum Gasteiger partial charge on any atom is -0.288 e. The Morgan fingerprint density at radius 3 is 2.63 bits per heavy atom. The zero-order valence-corrected chi connectivity index (χ0v) is 11.0. The number of hydroxylamine groups is 1. The number of rotatable bonds is 3. The second-order valence-corrected chi connectivity index (χ2v) is 4.87. The van der Waals surface area contributed by atoms with Crippen molar-refractivity contribution in [1.82, 2.24) is 0 Å². The van der Waals surface area contributed by atoms with Gasteiger partial charge in [-0.05, 0) is 38.3 Å². The maximum absolute atomic E-state index is 10.6. The van der Waals surface area contributed by atoms with Gasteiger partial charge in [0.2, 0.25) is 0 Å². The summed E-state index contributed by atoms with van der Waals surface area (Å²) in [5.41, 5.74) is 1.77. The summed E-state index contributed by atoms with van der Waals surface area (Å²) in [5, 5.41) is 22.1. The SMILES string of the molecule is CC1=CCCCCC1N(O)c1ccc([N+](=O)[O-])cc1. The van der Waals surface area contributed by atoms with Crippen LogP contribution < -0.4 is 5.06 Å². The summed E-state index contributed by atoms with van der Waals surface area (Å²) >= 11 is 0. The monoisotopic (exact) mass is 262 g/mol. The molecule has 5 heteroatoms. The van der Waals surface area contributed by atoms with E-state index in [4.69, 9.17) is 0 Å². The van der Waals surface area contributed by atoms with Crippen LogP contribution in [0.15, 0.2) is 35.9 Å². The van der Waals surface area contributed by atoms with E-state index in [9.17, 15) is 15.3 Å². The third-order valence-corrected chi connectivity index (χ3v) is 3.54. The number of benzene rings is 1. The summed E-state index contributed by atoms with van der Waals surface area (Å²) in [6, 6.07) is 5.94. The molecule has 0 fully saturated rings. The quantitative estimate of drug-likeness (QED) is 0.512. The molecule has 1 aromatic carbocycles. The van der Waals surface area contributed by atoms with Gasteiger partial charge in [0.15, 0.2) is 0 Å². The fourth-order valence-electron chi connectivity index (χ4n) is 2.40. The Balaban J connectivity index is 2.18. The second-order valence-electron chi connectivity index (χ2n) is 4.87. The van der Waals surface area contributed by atoms with Crippen LogP contribution in [0.3, 0.4) is 0 Å². The standard InChI is InChI=1S/C14H18N2O3/c1-11-5-3-2-4-6-14(11)15(17)12-7-9-13(10-8-12)16(18)19/h5,7-10,14,17H,2-4,6H2,1H3. The minimum atomic E-state index is -0.442. The van der Waals surface area contributed by atoms with Gasteiger partial charge in [0, 0.05) is 12.1 Å². The molecule has 0 bridgehead atoms. The summed E-state index contributed by atoms with van der Waals surface area (Å²) in [6.07, 6.45) is 6.32. The van der Waals surface area contributed by atoms with Crippen LogP contribution >= 0.6 is 0 Å². The number of nitro benzene ring substituents is 1. The normalized spacial score (nSPS) is 19.5. The van der Waals surface area contributed by atoms with Crippen molar-refractivity contribution in [1.29, 1.82) is 0 Å². The van der Waals surface area contributed by atoms with Crippen LogP contribution in [-0.4, -0.2) is 16.2 Å². The Hall–Kier alpha value is -1.88. The molecule has 102 valence electrons. The highest BCUT2D eigenvalue weighted by molar-refractivity contribution is 5.50. The molecule has 1 atom stereocenters. The van der Waals surface area contributed by atoms with Crippen molar-refractivity contribution in [2.75, 3.05) is 5.06 Å². The van der Waals surface area contributed by atoms with E-state index in [0.717, 1.165) is 31.3 Å². The predicted octanol–water partition coefficient (Wildman–Crippen LogP) is 3.68. The zero-order valence-electron chi connectivity index (χ0n) is 11.0. The van der Waals surface area contributed by atoms with Crippen molar-refractivity contribution in [3.8, 4) is 0 Å². The average Bonchev–Trinajstić information content (AvgIpc) is 2.63. The molecule has 0 aliphatic heterocycles. The van der Waals surface area contributed by atoms with Gasteiger partial charge in [0.05, 0.1) is 16.7 Å². The Bertz CT molecular complexity index is 482. The Labute approximate surface area is 112 Å². The largest absolute Gasteiger partial charge is 0.288 e. The maximum Gasteiger partial charge on any atom is 0.269 e. The molecule has 0 spiro atoms. The molecule has 0 saturated heterocycles. The lowest BCUT2D eigenvalue weighted by Gasteiger charge is -2.27. The van der Waals surface area contributed by atoms with Crippen LogP contribution in [0, 0.1) is 10.1 Å². The van der Waals surface area contributed by atoms with Gasteiger partial charge in [-0.25, -0.2) is 5.06 Å². The van der Waals surface area contributed by atoms with Crippen LogP contribution in [0.1, 0.15) is 32.6 Å². The second kappa shape index (κ2) is 5.84. The first-order valence-corrected chi connectivity index (χ1v) is 6.49. The van der Waals surface area contributed by atoms with E-state index < -0.39 is 4.92 Å². The van der Waals surface area contributed by atoms with Crippen molar-refractivity contribution in [3.63, 3.8) is 0 Å².